The number of hydrogen-bond acceptors (Lipinski definition) is 4. The Bertz CT molecular complexity index is 561. The molecule has 0 aromatic carbocycles. The van der Waals surface area contributed by atoms with E-state index >= 15 is 0 Å². The van der Waals surface area contributed by atoms with Crippen LogP contribution in [0.2, 0.25) is 0 Å². The fourth-order valence-electron chi connectivity index (χ4n) is 3.72. The number of aryl methyl sites for hydroxylation is 1. The zero-order chi connectivity index (χ0) is 15.0. The van der Waals surface area contributed by atoms with Gasteiger partial charge in [-0.3, -0.25) is 4.79 Å². The first kappa shape index (κ1) is 15.0. The number of aromatic nitrogens is 2. The smallest absolute Gasteiger partial charge is 0.282 e. The molecule has 5 nitrogen and oxygen atoms in total. The van der Waals surface area contributed by atoms with Crippen LogP contribution in [0.15, 0.2) is 15.5 Å². The van der Waals surface area contributed by atoms with Crippen molar-refractivity contribution in [3.05, 3.63) is 21.0 Å². The Balaban J connectivity index is 1.91. The average molecular weight is 355 g/mol. The van der Waals surface area contributed by atoms with Gasteiger partial charge in [0.15, 0.2) is 0 Å². The third-order valence-electron chi connectivity index (χ3n) is 4.72. The van der Waals surface area contributed by atoms with Gasteiger partial charge in [-0.1, -0.05) is 6.92 Å². The molecule has 0 spiro atoms. The molecule has 21 heavy (non-hydrogen) atoms. The third kappa shape index (κ3) is 2.88. The van der Waals surface area contributed by atoms with Gasteiger partial charge in [0, 0.05) is 31.7 Å². The number of hydrogen-bond donors (Lipinski definition) is 1. The molecule has 6 heteroatoms. The van der Waals surface area contributed by atoms with Gasteiger partial charge < -0.3 is 10.2 Å². The van der Waals surface area contributed by atoms with Crippen LogP contribution in [0.5, 0.6) is 0 Å². The molecule has 1 aromatic rings. The summed E-state index contributed by atoms with van der Waals surface area (Å²) in [6, 6.07) is 1.80. The van der Waals surface area contributed by atoms with Crippen LogP contribution in [0, 0.1) is 0 Å². The maximum atomic E-state index is 12.1. The van der Waals surface area contributed by atoms with Crippen molar-refractivity contribution in [1.82, 2.24) is 15.1 Å². The Kier molecular flexibility index (Phi) is 4.36. The van der Waals surface area contributed by atoms with Crippen LogP contribution in [0.25, 0.3) is 0 Å². The highest BCUT2D eigenvalue weighted by molar-refractivity contribution is 9.10. The molecule has 1 aromatic heterocycles. The van der Waals surface area contributed by atoms with E-state index in [4.69, 9.17) is 0 Å². The summed E-state index contributed by atoms with van der Waals surface area (Å²) in [5.41, 5.74) is 0.886. The molecule has 0 aliphatic carbocycles. The lowest BCUT2D eigenvalue weighted by Gasteiger charge is -2.39. The Labute approximate surface area is 133 Å². The summed E-state index contributed by atoms with van der Waals surface area (Å²) in [5, 5.41) is 7.89. The highest BCUT2D eigenvalue weighted by Gasteiger charge is 2.36. The second kappa shape index (κ2) is 6.08. The zero-order valence-electron chi connectivity index (χ0n) is 12.7. The summed E-state index contributed by atoms with van der Waals surface area (Å²) in [5.74, 6) is 0. The fourth-order valence-corrected chi connectivity index (χ4v) is 4.31. The molecule has 116 valence electrons. The largest absolute Gasteiger partial charge is 0.366 e. The maximum absolute atomic E-state index is 12.1. The van der Waals surface area contributed by atoms with E-state index in [1.54, 1.807) is 7.05 Å². The van der Waals surface area contributed by atoms with E-state index in [1.165, 1.54) is 17.5 Å². The van der Waals surface area contributed by atoms with Gasteiger partial charge in [0.05, 0.1) is 11.9 Å². The van der Waals surface area contributed by atoms with Gasteiger partial charge in [0.1, 0.15) is 4.47 Å². The highest BCUT2D eigenvalue weighted by Crippen LogP contribution is 2.33. The minimum Gasteiger partial charge on any atom is -0.366 e. The average Bonchev–Trinajstić information content (AvgIpc) is 2.82. The van der Waals surface area contributed by atoms with Crippen molar-refractivity contribution in [2.75, 3.05) is 11.4 Å². The van der Waals surface area contributed by atoms with Crippen LogP contribution in [0.3, 0.4) is 0 Å². The molecule has 2 atom stereocenters. The molecule has 3 rings (SSSR count). The van der Waals surface area contributed by atoms with E-state index in [-0.39, 0.29) is 5.56 Å². The van der Waals surface area contributed by atoms with Crippen molar-refractivity contribution in [2.24, 2.45) is 7.05 Å². The number of nitrogens with one attached hydrogen (secondary N) is 1. The second-order valence-electron chi connectivity index (χ2n) is 6.23. The molecule has 0 saturated carbocycles. The van der Waals surface area contributed by atoms with E-state index < -0.39 is 0 Å². The van der Waals surface area contributed by atoms with Crippen LogP contribution in [0.4, 0.5) is 5.69 Å². The van der Waals surface area contributed by atoms with Crippen molar-refractivity contribution >= 4 is 21.6 Å². The molecule has 3 heterocycles. The molecule has 0 amide bonds. The van der Waals surface area contributed by atoms with Gasteiger partial charge in [-0.15, -0.1) is 0 Å². The number of anilines is 1. The van der Waals surface area contributed by atoms with Gasteiger partial charge in [-0.2, -0.15) is 5.10 Å². The predicted octanol–water partition coefficient (Wildman–Crippen LogP) is 2.04. The van der Waals surface area contributed by atoms with Crippen molar-refractivity contribution in [1.29, 1.82) is 0 Å². The minimum absolute atomic E-state index is 0.0643. The van der Waals surface area contributed by atoms with Gasteiger partial charge in [-0.25, -0.2) is 4.68 Å². The maximum Gasteiger partial charge on any atom is 0.282 e. The fraction of sp³-hybridized carbons (Fsp3) is 0.733. The molecule has 2 bridgehead atoms. The van der Waals surface area contributed by atoms with Crippen LogP contribution in [-0.2, 0) is 7.05 Å². The molecule has 2 aliphatic rings. The van der Waals surface area contributed by atoms with E-state index in [2.05, 4.69) is 38.2 Å². The summed E-state index contributed by atoms with van der Waals surface area (Å²) in [7, 11) is 1.69. The van der Waals surface area contributed by atoms with Gasteiger partial charge in [-0.05, 0) is 48.0 Å². The van der Waals surface area contributed by atoms with Crippen LogP contribution in [-0.4, -0.2) is 34.5 Å². The molecule has 1 N–H and O–H groups in total. The molecule has 2 saturated heterocycles. The highest BCUT2D eigenvalue weighted by atomic mass is 79.9. The molecule has 2 fully saturated rings. The van der Waals surface area contributed by atoms with Gasteiger partial charge >= 0.3 is 0 Å². The van der Waals surface area contributed by atoms with E-state index in [9.17, 15) is 4.79 Å². The minimum atomic E-state index is -0.0643. The Hall–Kier alpha value is -0.880. The lowest BCUT2D eigenvalue weighted by molar-refractivity contribution is 0.346. The van der Waals surface area contributed by atoms with E-state index in [1.807, 2.05) is 6.20 Å². The Morgan fingerprint density at radius 3 is 2.71 bits per heavy atom. The van der Waals surface area contributed by atoms with Crippen LogP contribution >= 0.6 is 15.9 Å². The lowest BCUT2D eigenvalue weighted by Crippen LogP contribution is -2.49. The summed E-state index contributed by atoms with van der Waals surface area (Å²) in [4.78, 5) is 14.5. The first-order valence-electron chi connectivity index (χ1n) is 7.84. The van der Waals surface area contributed by atoms with Crippen molar-refractivity contribution in [3.63, 3.8) is 0 Å². The Morgan fingerprint density at radius 1 is 1.43 bits per heavy atom. The number of piperidine rings is 1. The van der Waals surface area contributed by atoms with Crippen molar-refractivity contribution in [3.8, 4) is 0 Å². The van der Waals surface area contributed by atoms with Gasteiger partial charge in [0.25, 0.3) is 5.56 Å². The van der Waals surface area contributed by atoms with E-state index in [0.29, 0.717) is 22.6 Å². The van der Waals surface area contributed by atoms with Gasteiger partial charge in [0.2, 0.25) is 0 Å². The first-order chi connectivity index (χ1) is 10.1. The number of halogens is 1. The number of fused-ring (bicyclic) bond motifs is 2. The standard InChI is InChI=1S/C15H23BrN4O/c1-3-6-20(12-7-10-4-5-11(8-12)18-10)13-9-17-19(2)15(21)14(13)16/h9-12,18H,3-8H2,1-2H3. The second-order valence-corrected chi connectivity index (χ2v) is 7.02. The zero-order valence-corrected chi connectivity index (χ0v) is 14.3. The monoisotopic (exact) mass is 354 g/mol. The number of rotatable bonds is 4. The normalized spacial score (nSPS) is 27.9. The lowest BCUT2D eigenvalue weighted by atomic mass is 9.97. The third-order valence-corrected chi connectivity index (χ3v) is 5.47. The van der Waals surface area contributed by atoms with Crippen LogP contribution in [0.1, 0.15) is 39.0 Å². The summed E-state index contributed by atoms with van der Waals surface area (Å²) in [6.07, 6.45) is 7.80. The van der Waals surface area contributed by atoms with E-state index in [0.717, 1.165) is 31.5 Å². The molecular formula is C15H23BrN4O. The molecule has 2 aliphatic heterocycles. The molecular weight excluding hydrogens is 332 g/mol. The summed E-state index contributed by atoms with van der Waals surface area (Å²) in [6.45, 7) is 3.16. The summed E-state index contributed by atoms with van der Waals surface area (Å²) < 4.78 is 2.02. The topological polar surface area (TPSA) is 50.2 Å². The Morgan fingerprint density at radius 2 is 2.10 bits per heavy atom. The first-order valence-corrected chi connectivity index (χ1v) is 8.64. The summed E-state index contributed by atoms with van der Waals surface area (Å²) >= 11 is 3.48. The van der Waals surface area contributed by atoms with Crippen LogP contribution < -0.4 is 15.8 Å². The molecule has 0 radical (unpaired) electrons. The molecule has 2 unspecified atom stereocenters. The quantitative estimate of drug-likeness (QED) is 0.898. The van der Waals surface area contributed by atoms with Crippen molar-refractivity contribution < 1.29 is 0 Å². The SMILES string of the molecule is CCCN(c1cnn(C)c(=O)c1Br)C1CC2CCC(C1)N2. The van der Waals surface area contributed by atoms with Crippen molar-refractivity contribution in [2.45, 2.75) is 57.2 Å². The number of nitrogens with zero attached hydrogens (tertiary/aromatic N) is 3. The predicted molar refractivity (Wildman–Crippen MR) is 87.8 cm³/mol.